The fourth-order valence-electron chi connectivity index (χ4n) is 7.59. The van der Waals surface area contributed by atoms with Crippen LogP contribution in [0.25, 0.3) is 11.1 Å². The van der Waals surface area contributed by atoms with Gasteiger partial charge in [-0.05, 0) is 72.5 Å². The summed E-state index contributed by atoms with van der Waals surface area (Å²) < 4.78 is 28.9. The van der Waals surface area contributed by atoms with Crippen molar-refractivity contribution in [1.29, 1.82) is 0 Å². The van der Waals surface area contributed by atoms with Crippen LogP contribution in [0, 0.1) is 0 Å². The standard InChI is InChI=1S/C44H43N5O7/c1-43-21-29(27-7-11-31(45)12-8-27)23-48(43)41(50)33-17-37(53-4)39(19-35(33)46-25-43)55-15-6-16-56-40-20-36-34(18-38(40)54-5)42(51)49-24-30(22-44(49,2)26-47-36)28-9-13-32(52-3)14-10-28/h7-14,17-20,23-26H,6,15-16,21-22,45H2,1-5H3/t43-,44?/m0/s1. The number of anilines is 1. The van der Waals surface area contributed by atoms with Crippen molar-refractivity contribution in [2.45, 2.75) is 44.2 Å². The van der Waals surface area contributed by atoms with Crippen LogP contribution in [0.5, 0.6) is 28.7 Å². The van der Waals surface area contributed by atoms with E-state index < -0.39 is 11.1 Å². The lowest BCUT2D eigenvalue weighted by molar-refractivity contribution is 0.0755. The maximum Gasteiger partial charge on any atom is 0.260 e. The minimum absolute atomic E-state index is 0.170. The maximum atomic E-state index is 14.0. The first kappa shape index (κ1) is 36.4. The number of nitrogen functional groups attached to an aromatic ring is 1. The molecule has 0 fully saturated rings. The van der Waals surface area contributed by atoms with E-state index in [1.54, 1.807) is 55.4 Å². The highest BCUT2D eigenvalue weighted by Gasteiger charge is 2.43. The molecule has 4 aromatic rings. The number of aliphatic imine (C=N–C) groups is 2. The number of carbonyl (C=O) groups excluding carboxylic acids is 2. The van der Waals surface area contributed by atoms with Gasteiger partial charge in [0, 0.05) is 61.9 Å². The molecule has 0 aromatic heterocycles. The molecule has 2 atom stereocenters. The molecule has 0 bridgehead atoms. The van der Waals surface area contributed by atoms with E-state index in [0.29, 0.717) is 83.7 Å². The Hall–Kier alpha value is -6.56. The van der Waals surface area contributed by atoms with Gasteiger partial charge in [-0.15, -0.1) is 0 Å². The molecule has 12 heteroatoms. The van der Waals surface area contributed by atoms with E-state index in [-0.39, 0.29) is 11.8 Å². The fraction of sp³-hybridized carbons (Fsp3) is 0.273. The molecule has 286 valence electrons. The van der Waals surface area contributed by atoms with Gasteiger partial charge in [-0.3, -0.25) is 19.6 Å². The lowest BCUT2D eigenvalue weighted by atomic mass is 9.93. The number of hydrogen-bond acceptors (Lipinski definition) is 10. The smallest absolute Gasteiger partial charge is 0.260 e. The van der Waals surface area contributed by atoms with Gasteiger partial charge in [-0.2, -0.15) is 0 Å². The molecule has 2 amide bonds. The summed E-state index contributed by atoms with van der Waals surface area (Å²) in [4.78, 5) is 40.9. The van der Waals surface area contributed by atoms with E-state index in [0.717, 1.165) is 28.0 Å². The number of fused-ring (bicyclic) bond motifs is 4. The number of methoxy groups -OCH3 is 3. The summed E-state index contributed by atoms with van der Waals surface area (Å²) in [7, 11) is 4.72. The summed E-state index contributed by atoms with van der Waals surface area (Å²) in [6, 6.07) is 22.3. The highest BCUT2D eigenvalue weighted by Crippen LogP contribution is 2.45. The monoisotopic (exact) mass is 753 g/mol. The Bertz CT molecular complexity index is 2350. The fourth-order valence-corrected chi connectivity index (χ4v) is 7.59. The van der Waals surface area contributed by atoms with E-state index in [9.17, 15) is 9.59 Å². The molecule has 4 aliphatic heterocycles. The lowest BCUT2D eigenvalue weighted by Gasteiger charge is -2.29. The second kappa shape index (κ2) is 14.3. The Balaban J connectivity index is 0.931. The topological polar surface area (TPSA) is 138 Å². The predicted octanol–water partition coefficient (Wildman–Crippen LogP) is 7.87. The van der Waals surface area contributed by atoms with E-state index in [1.807, 2.05) is 87.2 Å². The number of nitrogens with two attached hydrogens (primary N) is 1. The first-order valence-electron chi connectivity index (χ1n) is 18.4. The van der Waals surface area contributed by atoms with Crippen molar-refractivity contribution in [2.75, 3.05) is 40.3 Å². The van der Waals surface area contributed by atoms with Gasteiger partial charge in [0.05, 0.1) is 68.1 Å². The predicted molar refractivity (Wildman–Crippen MR) is 216 cm³/mol. The Morgan fingerprint density at radius 3 is 1.50 bits per heavy atom. The molecule has 56 heavy (non-hydrogen) atoms. The van der Waals surface area contributed by atoms with Crippen molar-refractivity contribution in [3.05, 3.63) is 107 Å². The van der Waals surface area contributed by atoms with Crippen molar-refractivity contribution in [1.82, 2.24) is 9.80 Å². The molecule has 2 N–H and O–H groups in total. The van der Waals surface area contributed by atoms with Crippen molar-refractivity contribution in [3.8, 4) is 28.7 Å². The molecule has 0 saturated heterocycles. The van der Waals surface area contributed by atoms with Crippen LogP contribution < -0.4 is 29.4 Å². The zero-order valence-corrected chi connectivity index (χ0v) is 32.0. The number of nitrogens with zero attached hydrogens (tertiary/aromatic N) is 4. The van der Waals surface area contributed by atoms with Gasteiger partial charge in [0.15, 0.2) is 23.0 Å². The highest BCUT2D eigenvalue weighted by molar-refractivity contribution is 6.07. The Morgan fingerprint density at radius 1 is 0.625 bits per heavy atom. The Morgan fingerprint density at radius 2 is 1.07 bits per heavy atom. The largest absolute Gasteiger partial charge is 0.497 e. The molecular formula is C44H43N5O7. The molecule has 8 rings (SSSR count). The van der Waals surface area contributed by atoms with Gasteiger partial charge >= 0.3 is 0 Å². The number of carbonyl (C=O) groups is 2. The minimum Gasteiger partial charge on any atom is -0.497 e. The molecule has 4 aromatic carbocycles. The molecular weight excluding hydrogens is 711 g/mol. The van der Waals surface area contributed by atoms with Crippen molar-refractivity contribution in [2.24, 2.45) is 9.98 Å². The van der Waals surface area contributed by atoms with Gasteiger partial charge in [0.25, 0.3) is 11.8 Å². The zero-order valence-electron chi connectivity index (χ0n) is 32.0. The summed E-state index contributed by atoms with van der Waals surface area (Å²) in [5, 5.41) is 0. The van der Waals surface area contributed by atoms with Gasteiger partial charge in [0.2, 0.25) is 0 Å². The molecule has 4 aliphatic rings. The van der Waals surface area contributed by atoms with Crippen LogP contribution in [0.3, 0.4) is 0 Å². The van der Waals surface area contributed by atoms with Gasteiger partial charge < -0.3 is 39.2 Å². The number of hydrogen-bond donors (Lipinski definition) is 1. The lowest BCUT2D eigenvalue weighted by Crippen LogP contribution is -2.43. The summed E-state index contributed by atoms with van der Waals surface area (Å²) in [6.07, 6.45) is 9.20. The van der Waals surface area contributed by atoms with Crippen LogP contribution in [0.2, 0.25) is 0 Å². The molecule has 0 aliphatic carbocycles. The normalized spacial score (nSPS) is 20.6. The third kappa shape index (κ3) is 6.50. The Labute approximate surface area is 325 Å². The van der Waals surface area contributed by atoms with Gasteiger partial charge in [-0.1, -0.05) is 24.3 Å². The maximum absolute atomic E-state index is 14.0. The van der Waals surface area contributed by atoms with Crippen LogP contribution in [-0.4, -0.2) is 79.7 Å². The number of ether oxygens (including phenoxy) is 5. The van der Waals surface area contributed by atoms with E-state index in [4.69, 9.17) is 39.4 Å². The van der Waals surface area contributed by atoms with Crippen molar-refractivity contribution in [3.63, 3.8) is 0 Å². The molecule has 0 spiro atoms. The average molecular weight is 754 g/mol. The van der Waals surface area contributed by atoms with Crippen LogP contribution in [0.4, 0.5) is 17.1 Å². The van der Waals surface area contributed by atoms with E-state index in [2.05, 4.69) is 0 Å². The van der Waals surface area contributed by atoms with Crippen molar-refractivity contribution < 1.29 is 33.3 Å². The SMILES string of the molecule is COc1ccc(C2=CN3C(=O)c4cc(OC)c(OCCCOc5cc6c(cc5OC)C(=O)N5C=C(c7ccc(N)cc7)C[C@@]5(C)C=N6)cc4N=CC3(C)C2)cc1. The minimum atomic E-state index is -0.639. The summed E-state index contributed by atoms with van der Waals surface area (Å²) in [6.45, 7) is 4.60. The number of amides is 2. The molecule has 4 heterocycles. The third-order valence-electron chi connectivity index (χ3n) is 10.7. The molecule has 0 saturated carbocycles. The van der Waals surface area contributed by atoms with Crippen LogP contribution in [0.1, 0.15) is 65.0 Å². The third-order valence-corrected chi connectivity index (χ3v) is 10.7. The second-order valence-electron chi connectivity index (χ2n) is 14.7. The first-order valence-corrected chi connectivity index (χ1v) is 18.4. The molecule has 12 nitrogen and oxygen atoms in total. The van der Waals surface area contributed by atoms with E-state index >= 15 is 0 Å². The van der Waals surface area contributed by atoms with E-state index in [1.165, 1.54) is 0 Å². The summed E-state index contributed by atoms with van der Waals surface area (Å²) in [5.74, 6) is 2.22. The van der Waals surface area contributed by atoms with Crippen molar-refractivity contribution >= 4 is 52.5 Å². The van der Waals surface area contributed by atoms with Gasteiger partial charge in [0.1, 0.15) is 5.75 Å². The zero-order chi connectivity index (χ0) is 39.2. The second-order valence-corrected chi connectivity index (χ2v) is 14.7. The first-order chi connectivity index (χ1) is 27.0. The number of rotatable bonds is 11. The Kier molecular flexibility index (Phi) is 9.27. The highest BCUT2D eigenvalue weighted by atomic mass is 16.5. The quantitative estimate of drug-likeness (QED) is 0.121. The van der Waals surface area contributed by atoms with Crippen LogP contribution in [-0.2, 0) is 0 Å². The average Bonchev–Trinajstić information content (AvgIpc) is 3.70. The van der Waals surface area contributed by atoms with Crippen LogP contribution in [0.15, 0.2) is 95.2 Å². The molecule has 0 radical (unpaired) electrons. The van der Waals surface area contributed by atoms with Gasteiger partial charge in [-0.25, -0.2) is 0 Å². The summed E-state index contributed by atoms with van der Waals surface area (Å²) >= 11 is 0. The number of benzene rings is 4. The summed E-state index contributed by atoms with van der Waals surface area (Å²) in [5.41, 5.74) is 11.3. The molecule has 1 unspecified atom stereocenters. The van der Waals surface area contributed by atoms with Crippen LogP contribution >= 0.6 is 0 Å².